The molecule has 2 aromatic carbocycles. The van der Waals surface area contributed by atoms with E-state index in [4.69, 9.17) is 23.2 Å². The van der Waals surface area contributed by atoms with Crippen LogP contribution in [0.1, 0.15) is 37.9 Å². The van der Waals surface area contributed by atoms with Gasteiger partial charge in [-0.1, -0.05) is 68.2 Å². The Morgan fingerprint density at radius 2 is 1.66 bits per heavy atom. The monoisotopic (exact) mass is 468 g/mol. The SMILES string of the molecule is CC(C)(C)C(=O)[C@@H]1[C@@H]2C(=O)N(c3ccc(Cl)cc3Cl)C(=O)[C@@H]2C2c3ccccc3C=CN21. The lowest BCUT2D eigenvalue weighted by Crippen LogP contribution is -2.47. The molecule has 3 aliphatic heterocycles. The highest BCUT2D eigenvalue weighted by Crippen LogP contribution is 2.54. The minimum absolute atomic E-state index is 0.0655. The third-order valence-corrected chi connectivity index (χ3v) is 7.16. The molecule has 164 valence electrons. The fraction of sp³-hybridized carbons (Fsp3) is 0.320. The highest BCUT2D eigenvalue weighted by Gasteiger charge is 2.65. The molecule has 5 rings (SSSR count). The first-order valence-electron chi connectivity index (χ1n) is 10.5. The van der Waals surface area contributed by atoms with E-state index >= 15 is 0 Å². The number of halogens is 2. The third-order valence-electron chi connectivity index (χ3n) is 6.62. The van der Waals surface area contributed by atoms with Crippen LogP contribution in [-0.2, 0) is 14.4 Å². The van der Waals surface area contributed by atoms with Crippen molar-refractivity contribution in [2.24, 2.45) is 17.3 Å². The lowest BCUT2D eigenvalue weighted by Gasteiger charge is -2.37. The number of carbonyl (C=O) groups is 3. The van der Waals surface area contributed by atoms with Gasteiger partial charge in [0.25, 0.3) is 0 Å². The quantitative estimate of drug-likeness (QED) is 0.573. The van der Waals surface area contributed by atoms with Crippen LogP contribution in [0.5, 0.6) is 0 Å². The molecule has 0 aromatic heterocycles. The van der Waals surface area contributed by atoms with Crippen LogP contribution in [0.3, 0.4) is 0 Å². The van der Waals surface area contributed by atoms with Crippen molar-refractivity contribution < 1.29 is 14.4 Å². The zero-order chi connectivity index (χ0) is 22.9. The first-order chi connectivity index (χ1) is 15.1. The summed E-state index contributed by atoms with van der Waals surface area (Å²) in [5, 5.41) is 0.634. The van der Waals surface area contributed by atoms with E-state index in [2.05, 4.69) is 0 Å². The standard InChI is InChI=1S/C25H22Cl2N2O3/c1-25(2,3)22(30)21-19-18(20-15-7-5-4-6-13(15)10-11-28(20)21)23(31)29(24(19)32)17-9-8-14(26)12-16(17)27/h4-12,18-21H,1-3H3/t18-,19+,20?,21-/m0/s1. The third kappa shape index (κ3) is 2.95. The number of Topliss-reactive ketones (excluding diaryl/α,β-unsaturated/α-hetero) is 1. The van der Waals surface area contributed by atoms with Gasteiger partial charge in [0, 0.05) is 16.6 Å². The summed E-state index contributed by atoms with van der Waals surface area (Å²) in [6, 6.07) is 11.3. The van der Waals surface area contributed by atoms with Crippen molar-refractivity contribution in [1.29, 1.82) is 0 Å². The Hall–Kier alpha value is -2.63. The first kappa shape index (κ1) is 21.2. The fourth-order valence-electron chi connectivity index (χ4n) is 5.20. The topological polar surface area (TPSA) is 57.7 Å². The summed E-state index contributed by atoms with van der Waals surface area (Å²) >= 11 is 12.4. The van der Waals surface area contributed by atoms with Crippen molar-refractivity contribution in [3.63, 3.8) is 0 Å². The molecular weight excluding hydrogens is 447 g/mol. The second kappa shape index (κ2) is 7.19. The molecule has 0 aliphatic carbocycles. The number of amides is 2. The van der Waals surface area contributed by atoms with Gasteiger partial charge in [-0.3, -0.25) is 14.4 Å². The van der Waals surface area contributed by atoms with Gasteiger partial charge in [0.2, 0.25) is 11.8 Å². The lowest BCUT2D eigenvalue weighted by atomic mass is 9.79. The average molecular weight is 469 g/mol. The number of hydrogen-bond donors (Lipinski definition) is 0. The molecule has 1 unspecified atom stereocenters. The summed E-state index contributed by atoms with van der Waals surface area (Å²) in [6.45, 7) is 5.52. The van der Waals surface area contributed by atoms with Crippen LogP contribution in [0.15, 0.2) is 48.7 Å². The second-order valence-corrected chi connectivity index (χ2v) is 10.4. The molecule has 7 heteroatoms. The van der Waals surface area contributed by atoms with E-state index in [0.29, 0.717) is 10.7 Å². The minimum atomic E-state index is -0.790. The summed E-state index contributed by atoms with van der Waals surface area (Å²) in [5.74, 6) is -2.27. The normalized spacial score (nSPS) is 26.3. The van der Waals surface area contributed by atoms with Gasteiger partial charge in [0.05, 0.1) is 28.6 Å². The highest BCUT2D eigenvalue weighted by molar-refractivity contribution is 6.38. The van der Waals surface area contributed by atoms with Crippen molar-refractivity contribution in [1.82, 2.24) is 4.90 Å². The molecule has 0 radical (unpaired) electrons. The Kier molecular flexibility index (Phi) is 4.77. The Bertz CT molecular complexity index is 1200. The Balaban J connectivity index is 1.68. The largest absolute Gasteiger partial charge is 0.359 e. The second-order valence-electron chi connectivity index (χ2n) is 9.55. The number of ketones is 1. The van der Waals surface area contributed by atoms with E-state index < -0.39 is 35.2 Å². The predicted octanol–water partition coefficient (Wildman–Crippen LogP) is 5.12. The fourth-order valence-corrected chi connectivity index (χ4v) is 5.69. The lowest BCUT2D eigenvalue weighted by molar-refractivity contribution is -0.135. The average Bonchev–Trinajstić information content (AvgIpc) is 3.20. The molecular formula is C25H22Cl2N2O3. The summed E-state index contributed by atoms with van der Waals surface area (Å²) < 4.78 is 0. The van der Waals surface area contributed by atoms with Crippen LogP contribution in [-0.4, -0.2) is 28.5 Å². The summed E-state index contributed by atoms with van der Waals surface area (Å²) in [7, 11) is 0. The van der Waals surface area contributed by atoms with E-state index in [1.165, 1.54) is 6.07 Å². The van der Waals surface area contributed by atoms with E-state index in [9.17, 15) is 14.4 Å². The molecule has 2 aromatic rings. The van der Waals surface area contributed by atoms with Crippen molar-refractivity contribution in [2.75, 3.05) is 4.90 Å². The number of anilines is 1. The molecule has 32 heavy (non-hydrogen) atoms. The van der Waals surface area contributed by atoms with Gasteiger partial charge in [-0.2, -0.15) is 0 Å². The maximum Gasteiger partial charge on any atom is 0.240 e. The van der Waals surface area contributed by atoms with Crippen LogP contribution < -0.4 is 4.90 Å². The van der Waals surface area contributed by atoms with Crippen LogP contribution in [0.2, 0.25) is 10.0 Å². The highest BCUT2D eigenvalue weighted by atomic mass is 35.5. The molecule has 0 bridgehead atoms. The zero-order valence-corrected chi connectivity index (χ0v) is 19.4. The number of benzene rings is 2. The van der Waals surface area contributed by atoms with E-state index in [1.807, 2.05) is 62.2 Å². The molecule has 3 heterocycles. The molecule has 2 amide bonds. The Morgan fingerprint density at radius 3 is 2.34 bits per heavy atom. The van der Waals surface area contributed by atoms with Gasteiger partial charge >= 0.3 is 0 Å². The maximum atomic E-state index is 13.8. The van der Waals surface area contributed by atoms with Crippen LogP contribution in [0.4, 0.5) is 5.69 Å². The molecule has 0 saturated carbocycles. The van der Waals surface area contributed by atoms with Gasteiger partial charge < -0.3 is 4.90 Å². The molecule has 2 fully saturated rings. The van der Waals surface area contributed by atoms with Crippen molar-refractivity contribution in [3.05, 3.63) is 69.8 Å². The maximum absolute atomic E-state index is 13.8. The summed E-state index contributed by atoms with van der Waals surface area (Å²) in [6.07, 6.45) is 3.80. The van der Waals surface area contributed by atoms with Gasteiger partial charge in [-0.25, -0.2) is 4.90 Å². The van der Waals surface area contributed by atoms with Gasteiger partial charge in [-0.15, -0.1) is 0 Å². The van der Waals surface area contributed by atoms with Crippen molar-refractivity contribution in [3.8, 4) is 0 Å². The Labute approximate surface area is 196 Å². The molecule has 5 nitrogen and oxygen atoms in total. The van der Waals surface area contributed by atoms with Gasteiger partial charge in [0.15, 0.2) is 5.78 Å². The summed E-state index contributed by atoms with van der Waals surface area (Å²) in [5.41, 5.74) is 1.55. The predicted molar refractivity (Wildman–Crippen MR) is 124 cm³/mol. The number of nitrogens with zero attached hydrogens (tertiary/aromatic N) is 2. The number of hydrogen-bond acceptors (Lipinski definition) is 4. The van der Waals surface area contributed by atoms with Gasteiger partial charge in [0.1, 0.15) is 6.04 Å². The van der Waals surface area contributed by atoms with Crippen LogP contribution in [0, 0.1) is 17.3 Å². The van der Waals surface area contributed by atoms with Gasteiger partial charge in [-0.05, 0) is 35.4 Å². The number of rotatable bonds is 2. The number of fused-ring (bicyclic) bond motifs is 5. The zero-order valence-electron chi connectivity index (χ0n) is 17.9. The summed E-state index contributed by atoms with van der Waals surface area (Å²) in [4.78, 5) is 44.2. The van der Waals surface area contributed by atoms with E-state index in [1.54, 1.807) is 12.1 Å². The molecule has 4 atom stereocenters. The minimum Gasteiger partial charge on any atom is -0.359 e. The van der Waals surface area contributed by atoms with Crippen molar-refractivity contribution in [2.45, 2.75) is 32.9 Å². The number of carbonyl (C=O) groups excluding carboxylic acids is 3. The van der Waals surface area contributed by atoms with Crippen LogP contribution in [0.25, 0.3) is 6.08 Å². The smallest absolute Gasteiger partial charge is 0.240 e. The molecule has 2 saturated heterocycles. The first-order valence-corrected chi connectivity index (χ1v) is 11.3. The molecule has 0 N–H and O–H groups in total. The molecule has 3 aliphatic rings. The molecule has 0 spiro atoms. The Morgan fingerprint density at radius 1 is 0.969 bits per heavy atom. The van der Waals surface area contributed by atoms with Crippen LogP contribution >= 0.6 is 23.2 Å². The van der Waals surface area contributed by atoms with E-state index in [0.717, 1.165) is 16.0 Å². The number of imide groups is 1. The van der Waals surface area contributed by atoms with E-state index in [-0.39, 0.29) is 16.7 Å². The van der Waals surface area contributed by atoms with Crippen molar-refractivity contribution >= 4 is 52.6 Å².